The van der Waals surface area contributed by atoms with Gasteiger partial charge in [0.05, 0.1) is 11.5 Å². The Morgan fingerprint density at radius 2 is 1.88 bits per heavy atom. The molecule has 1 aromatic carbocycles. The predicted octanol–water partition coefficient (Wildman–Crippen LogP) is 3.77. The normalized spacial score (nSPS) is 16.2. The Morgan fingerprint density at radius 3 is 2.52 bits per heavy atom. The van der Waals surface area contributed by atoms with Crippen molar-refractivity contribution in [3.05, 3.63) is 52.6 Å². The van der Waals surface area contributed by atoms with E-state index in [1.54, 1.807) is 30.5 Å². The van der Waals surface area contributed by atoms with Crippen molar-refractivity contribution in [3.8, 4) is 0 Å². The minimum absolute atomic E-state index is 0.217. The van der Waals surface area contributed by atoms with Crippen molar-refractivity contribution < 1.29 is 12.6 Å². The summed E-state index contributed by atoms with van der Waals surface area (Å²) in [4.78, 5) is 6.82. The number of anilines is 1. The van der Waals surface area contributed by atoms with Gasteiger partial charge in [-0.2, -0.15) is 8.42 Å². The summed E-state index contributed by atoms with van der Waals surface area (Å²) in [6.07, 6.45) is 3.55. The molecule has 5 nitrogen and oxygen atoms in total. The van der Waals surface area contributed by atoms with Crippen LogP contribution in [0.4, 0.5) is 5.82 Å². The monoisotopic (exact) mass is 424 g/mol. The number of benzene rings is 1. The van der Waals surface area contributed by atoms with Crippen molar-refractivity contribution in [1.29, 1.82) is 0 Å². The second-order valence-corrected chi connectivity index (χ2v) is 8.85. The molecule has 1 aliphatic heterocycles. The van der Waals surface area contributed by atoms with Crippen molar-refractivity contribution in [2.75, 3.05) is 24.6 Å². The molecule has 7 heteroatoms. The van der Waals surface area contributed by atoms with Crippen LogP contribution < -0.4 is 4.90 Å². The van der Waals surface area contributed by atoms with Gasteiger partial charge in [0, 0.05) is 23.8 Å². The number of aryl methyl sites for hydroxylation is 1. The van der Waals surface area contributed by atoms with Crippen LogP contribution in [0.3, 0.4) is 0 Å². The highest BCUT2D eigenvalue weighted by Crippen LogP contribution is 2.25. The van der Waals surface area contributed by atoms with E-state index >= 15 is 0 Å². The molecule has 0 aliphatic carbocycles. The molecule has 0 saturated carbocycles. The number of halogens is 1. The van der Waals surface area contributed by atoms with Crippen LogP contribution in [0.1, 0.15) is 18.4 Å². The van der Waals surface area contributed by atoms with E-state index in [9.17, 15) is 8.42 Å². The number of pyridine rings is 1. The molecule has 0 radical (unpaired) electrons. The maximum absolute atomic E-state index is 12.3. The number of hydrogen-bond acceptors (Lipinski definition) is 5. The summed E-state index contributed by atoms with van der Waals surface area (Å²) in [5.74, 6) is 1.18. The van der Waals surface area contributed by atoms with Crippen LogP contribution in [0, 0.1) is 12.8 Å². The van der Waals surface area contributed by atoms with Gasteiger partial charge in [0.1, 0.15) is 5.82 Å². The Balaban J connectivity index is 1.53. The maximum atomic E-state index is 12.3. The lowest BCUT2D eigenvalue weighted by molar-refractivity contribution is 0.228. The van der Waals surface area contributed by atoms with Gasteiger partial charge in [0.15, 0.2) is 0 Å². The Hall–Kier alpha value is -1.44. The molecular formula is C18H21BrN2O3S. The molecule has 2 heterocycles. The van der Waals surface area contributed by atoms with E-state index in [1.165, 1.54) is 0 Å². The number of aromatic nitrogens is 1. The highest BCUT2D eigenvalue weighted by Gasteiger charge is 2.23. The summed E-state index contributed by atoms with van der Waals surface area (Å²) in [6, 6.07) is 10.6. The highest BCUT2D eigenvalue weighted by atomic mass is 79.9. The van der Waals surface area contributed by atoms with Crippen molar-refractivity contribution in [2.24, 2.45) is 5.92 Å². The van der Waals surface area contributed by atoms with Crippen molar-refractivity contribution in [2.45, 2.75) is 24.7 Å². The Morgan fingerprint density at radius 1 is 1.20 bits per heavy atom. The summed E-state index contributed by atoms with van der Waals surface area (Å²) >= 11 is 3.46. The highest BCUT2D eigenvalue weighted by molar-refractivity contribution is 9.10. The van der Waals surface area contributed by atoms with Gasteiger partial charge in [0.2, 0.25) is 0 Å². The van der Waals surface area contributed by atoms with E-state index in [0.717, 1.165) is 41.8 Å². The third-order valence-electron chi connectivity index (χ3n) is 4.41. The largest absolute Gasteiger partial charge is 0.357 e. The van der Waals surface area contributed by atoms with Gasteiger partial charge >= 0.3 is 0 Å². The Bertz CT molecular complexity index is 816. The van der Waals surface area contributed by atoms with Crippen LogP contribution in [0.15, 0.2) is 52.0 Å². The Kier molecular flexibility index (Phi) is 5.76. The van der Waals surface area contributed by atoms with E-state index in [1.807, 2.05) is 19.1 Å². The van der Waals surface area contributed by atoms with Crippen LogP contribution in [-0.2, 0) is 14.3 Å². The molecule has 2 aromatic rings. The smallest absolute Gasteiger partial charge is 0.296 e. The maximum Gasteiger partial charge on any atom is 0.296 e. The number of nitrogens with zero attached hydrogens (tertiary/aromatic N) is 2. The van der Waals surface area contributed by atoms with Crippen molar-refractivity contribution >= 4 is 31.9 Å². The van der Waals surface area contributed by atoms with Crippen molar-refractivity contribution in [1.82, 2.24) is 4.98 Å². The van der Waals surface area contributed by atoms with Crippen LogP contribution in [-0.4, -0.2) is 33.1 Å². The quantitative estimate of drug-likeness (QED) is 0.683. The third kappa shape index (κ3) is 4.80. The summed E-state index contributed by atoms with van der Waals surface area (Å²) < 4.78 is 30.8. The second kappa shape index (κ2) is 7.85. The lowest BCUT2D eigenvalue weighted by Crippen LogP contribution is -2.35. The zero-order chi connectivity index (χ0) is 17.9. The van der Waals surface area contributed by atoms with Gasteiger partial charge in [-0.15, -0.1) is 0 Å². The average molecular weight is 425 g/mol. The first kappa shape index (κ1) is 18.4. The molecule has 3 rings (SSSR count). The molecule has 0 N–H and O–H groups in total. The molecular weight excluding hydrogens is 404 g/mol. The fraction of sp³-hybridized carbons (Fsp3) is 0.389. The zero-order valence-electron chi connectivity index (χ0n) is 14.1. The molecule has 0 bridgehead atoms. The minimum atomic E-state index is -3.68. The molecule has 134 valence electrons. The third-order valence-corrected chi connectivity index (χ3v) is 6.20. The molecule has 1 saturated heterocycles. The van der Waals surface area contributed by atoms with Crippen molar-refractivity contribution in [3.63, 3.8) is 0 Å². The molecule has 1 aliphatic rings. The number of piperidine rings is 1. The summed E-state index contributed by atoms with van der Waals surface area (Å²) in [7, 11) is -3.68. The number of rotatable bonds is 5. The van der Waals surface area contributed by atoms with E-state index in [2.05, 4.69) is 25.8 Å². The van der Waals surface area contributed by atoms with E-state index in [0.29, 0.717) is 0 Å². The zero-order valence-corrected chi connectivity index (χ0v) is 16.5. The van der Waals surface area contributed by atoms with E-state index in [-0.39, 0.29) is 17.4 Å². The van der Waals surface area contributed by atoms with Crippen LogP contribution in [0.2, 0.25) is 0 Å². The van der Waals surface area contributed by atoms with E-state index < -0.39 is 10.1 Å². The summed E-state index contributed by atoms with van der Waals surface area (Å²) in [5.41, 5.74) is 1.02. The average Bonchev–Trinajstić information content (AvgIpc) is 2.61. The number of hydrogen-bond donors (Lipinski definition) is 0. The van der Waals surface area contributed by atoms with Gasteiger partial charge in [-0.25, -0.2) is 4.98 Å². The first-order valence-electron chi connectivity index (χ1n) is 8.27. The van der Waals surface area contributed by atoms with Gasteiger partial charge in [0.25, 0.3) is 10.1 Å². The SMILES string of the molecule is Cc1ccc(S(=O)(=O)OCC2CCN(c3cc(Br)ccn3)CC2)cc1. The molecule has 25 heavy (non-hydrogen) atoms. The fourth-order valence-corrected chi connectivity index (χ4v) is 4.15. The molecule has 0 amide bonds. The second-order valence-electron chi connectivity index (χ2n) is 6.31. The predicted molar refractivity (Wildman–Crippen MR) is 101 cm³/mol. The molecule has 0 spiro atoms. The standard InChI is InChI=1S/C18H21BrN2O3S/c1-14-2-4-17(5-3-14)25(22,23)24-13-15-7-10-21(11-8-15)18-12-16(19)6-9-20-18/h2-6,9,12,15H,7-8,10-11,13H2,1H3. The van der Waals surface area contributed by atoms with Crippen LogP contribution in [0.5, 0.6) is 0 Å². The lowest BCUT2D eigenvalue weighted by Gasteiger charge is -2.32. The molecule has 1 fully saturated rings. The minimum Gasteiger partial charge on any atom is -0.357 e. The molecule has 1 aromatic heterocycles. The first-order chi connectivity index (χ1) is 11.9. The fourth-order valence-electron chi connectivity index (χ4n) is 2.85. The van der Waals surface area contributed by atoms with E-state index in [4.69, 9.17) is 4.18 Å². The van der Waals surface area contributed by atoms with Gasteiger partial charge in [-0.1, -0.05) is 33.6 Å². The van der Waals surface area contributed by atoms with Gasteiger partial charge < -0.3 is 4.90 Å². The van der Waals surface area contributed by atoms with Gasteiger partial charge in [-0.05, 0) is 49.9 Å². The molecule has 0 atom stereocenters. The van der Waals surface area contributed by atoms with Crippen LogP contribution >= 0.6 is 15.9 Å². The Labute approximate surface area is 157 Å². The molecule has 0 unspecified atom stereocenters. The van der Waals surface area contributed by atoms with Crippen LogP contribution in [0.25, 0.3) is 0 Å². The summed E-state index contributed by atoms with van der Waals surface area (Å²) in [6.45, 7) is 3.85. The topological polar surface area (TPSA) is 59.5 Å². The summed E-state index contributed by atoms with van der Waals surface area (Å²) in [5, 5.41) is 0. The first-order valence-corrected chi connectivity index (χ1v) is 10.5. The van der Waals surface area contributed by atoms with Gasteiger partial charge in [-0.3, -0.25) is 4.18 Å². The lowest BCUT2D eigenvalue weighted by atomic mass is 9.98.